The van der Waals surface area contributed by atoms with Crippen LogP contribution in [0.15, 0.2) is 71.6 Å². The highest BCUT2D eigenvalue weighted by molar-refractivity contribution is 7.84. The average molecular weight is 396 g/mol. The van der Waals surface area contributed by atoms with Crippen molar-refractivity contribution in [3.05, 3.63) is 82.9 Å². The zero-order valence-electron chi connectivity index (χ0n) is 14.8. The average Bonchev–Trinajstić information content (AvgIpc) is 2.66. The standard InChI is InChI=1S/C22H18ClNO2S/c1-15(25)24-13-18-8-7-17(16-5-3-2-4-6-16)11-19(18)14-27(26)22-12-20(23)9-10-21(22)24/h2-12H,13-14H2,1H3. The highest BCUT2D eigenvalue weighted by Crippen LogP contribution is 2.34. The Balaban J connectivity index is 1.83. The van der Waals surface area contributed by atoms with Gasteiger partial charge in [0.25, 0.3) is 0 Å². The number of hydrogen-bond acceptors (Lipinski definition) is 2. The predicted molar refractivity (Wildman–Crippen MR) is 110 cm³/mol. The maximum absolute atomic E-state index is 13.1. The highest BCUT2D eigenvalue weighted by Gasteiger charge is 2.24. The van der Waals surface area contributed by atoms with Gasteiger partial charge in [0.2, 0.25) is 5.91 Å². The first kappa shape index (κ1) is 18.0. The molecule has 1 aliphatic rings. The van der Waals surface area contributed by atoms with Crippen molar-refractivity contribution in [3.63, 3.8) is 0 Å². The number of carbonyl (C=O) groups is 1. The van der Waals surface area contributed by atoms with Crippen molar-refractivity contribution < 1.29 is 9.00 Å². The summed E-state index contributed by atoms with van der Waals surface area (Å²) in [5, 5.41) is 0.518. The van der Waals surface area contributed by atoms with E-state index in [1.165, 1.54) is 6.92 Å². The normalized spacial score (nSPS) is 16.1. The van der Waals surface area contributed by atoms with Gasteiger partial charge in [-0.15, -0.1) is 0 Å². The molecule has 1 amide bonds. The van der Waals surface area contributed by atoms with Crippen LogP contribution < -0.4 is 4.90 Å². The highest BCUT2D eigenvalue weighted by atomic mass is 35.5. The molecule has 1 unspecified atom stereocenters. The van der Waals surface area contributed by atoms with Gasteiger partial charge in [0, 0.05) is 11.9 Å². The predicted octanol–water partition coefficient (Wildman–Crippen LogP) is 5.18. The molecule has 0 aliphatic carbocycles. The van der Waals surface area contributed by atoms with Gasteiger partial charge in [-0.2, -0.15) is 0 Å². The molecule has 0 bridgehead atoms. The van der Waals surface area contributed by atoms with Gasteiger partial charge in [0.15, 0.2) is 0 Å². The van der Waals surface area contributed by atoms with Crippen molar-refractivity contribution >= 4 is 34.0 Å². The Morgan fingerprint density at radius 2 is 1.74 bits per heavy atom. The lowest BCUT2D eigenvalue weighted by atomic mass is 9.99. The van der Waals surface area contributed by atoms with E-state index in [4.69, 9.17) is 11.6 Å². The summed E-state index contributed by atoms with van der Waals surface area (Å²) in [6.45, 7) is 1.98. The Bertz CT molecular complexity index is 1050. The lowest BCUT2D eigenvalue weighted by Gasteiger charge is -2.28. The fourth-order valence-electron chi connectivity index (χ4n) is 3.37. The molecule has 5 heteroatoms. The van der Waals surface area contributed by atoms with E-state index in [0.29, 0.717) is 27.9 Å². The van der Waals surface area contributed by atoms with E-state index < -0.39 is 10.8 Å². The Morgan fingerprint density at radius 1 is 0.963 bits per heavy atom. The molecule has 0 saturated heterocycles. The van der Waals surface area contributed by atoms with Crippen molar-refractivity contribution in [2.24, 2.45) is 0 Å². The minimum atomic E-state index is -1.30. The van der Waals surface area contributed by atoms with Crippen molar-refractivity contribution in [1.29, 1.82) is 0 Å². The van der Waals surface area contributed by atoms with Gasteiger partial charge in [-0.1, -0.05) is 54.1 Å². The number of carbonyl (C=O) groups excluding carboxylic acids is 1. The summed E-state index contributed by atoms with van der Waals surface area (Å²) >= 11 is 6.13. The largest absolute Gasteiger partial charge is 0.307 e. The van der Waals surface area contributed by atoms with Crippen molar-refractivity contribution in [2.75, 3.05) is 4.90 Å². The molecule has 0 fully saturated rings. The van der Waals surface area contributed by atoms with Crippen molar-refractivity contribution in [1.82, 2.24) is 0 Å². The van der Waals surface area contributed by atoms with Gasteiger partial charge >= 0.3 is 0 Å². The molecular formula is C22H18ClNO2S. The second kappa shape index (κ2) is 7.29. The quantitative estimate of drug-likeness (QED) is 0.569. The molecule has 27 heavy (non-hydrogen) atoms. The SMILES string of the molecule is CC(=O)N1Cc2ccc(-c3ccccc3)cc2CS(=O)c2cc(Cl)ccc21. The van der Waals surface area contributed by atoms with Gasteiger partial charge in [0.1, 0.15) is 0 Å². The molecule has 3 aromatic carbocycles. The minimum absolute atomic E-state index is 0.0874. The number of rotatable bonds is 1. The van der Waals surface area contributed by atoms with Crippen molar-refractivity contribution in [2.45, 2.75) is 24.1 Å². The zero-order valence-corrected chi connectivity index (χ0v) is 16.4. The molecule has 3 aromatic rings. The molecule has 4 rings (SSSR count). The Hall–Kier alpha value is -2.43. The van der Waals surface area contributed by atoms with Crippen LogP contribution in [-0.2, 0) is 27.9 Å². The lowest BCUT2D eigenvalue weighted by Crippen LogP contribution is -2.30. The number of nitrogens with zero attached hydrogens (tertiary/aromatic N) is 1. The molecule has 1 aliphatic heterocycles. The van der Waals surface area contributed by atoms with Crippen LogP contribution in [-0.4, -0.2) is 10.1 Å². The summed E-state index contributed by atoms with van der Waals surface area (Å²) in [4.78, 5) is 14.6. The fourth-order valence-corrected chi connectivity index (χ4v) is 4.99. The van der Waals surface area contributed by atoms with Crippen LogP contribution in [0.3, 0.4) is 0 Å². The number of fused-ring (bicyclic) bond motifs is 2. The molecule has 136 valence electrons. The number of hydrogen-bond donors (Lipinski definition) is 0. The fraction of sp³-hybridized carbons (Fsp3) is 0.136. The molecular weight excluding hydrogens is 378 g/mol. The van der Waals surface area contributed by atoms with E-state index in [-0.39, 0.29) is 5.91 Å². The number of anilines is 1. The van der Waals surface area contributed by atoms with Crippen molar-refractivity contribution in [3.8, 4) is 11.1 Å². The topological polar surface area (TPSA) is 37.4 Å². The molecule has 0 saturated carbocycles. The number of amides is 1. The first-order valence-electron chi connectivity index (χ1n) is 8.66. The van der Waals surface area contributed by atoms with Crippen LogP contribution >= 0.6 is 11.6 Å². The summed E-state index contributed by atoms with van der Waals surface area (Å²) in [5.41, 5.74) is 4.86. The maximum atomic E-state index is 13.1. The lowest BCUT2D eigenvalue weighted by molar-refractivity contribution is -0.116. The Morgan fingerprint density at radius 3 is 2.48 bits per heavy atom. The molecule has 0 spiro atoms. The monoisotopic (exact) mass is 395 g/mol. The number of halogens is 1. The third-order valence-electron chi connectivity index (χ3n) is 4.77. The molecule has 1 heterocycles. The first-order chi connectivity index (χ1) is 13.0. The van der Waals surface area contributed by atoms with Gasteiger partial charge in [-0.05, 0) is 46.5 Å². The molecule has 0 radical (unpaired) electrons. The van der Waals surface area contributed by atoms with E-state index in [1.807, 2.05) is 24.3 Å². The molecule has 0 N–H and O–H groups in total. The van der Waals surface area contributed by atoms with E-state index in [0.717, 1.165) is 22.3 Å². The summed E-state index contributed by atoms with van der Waals surface area (Å²) in [6.07, 6.45) is 0. The third-order valence-corrected chi connectivity index (χ3v) is 6.39. The second-order valence-electron chi connectivity index (χ2n) is 6.56. The Labute approximate surface area is 166 Å². The third kappa shape index (κ3) is 3.55. The van der Waals surface area contributed by atoms with Crippen LogP contribution in [0.4, 0.5) is 5.69 Å². The van der Waals surface area contributed by atoms with Crippen LogP contribution in [0.2, 0.25) is 5.02 Å². The number of benzene rings is 3. The Kier molecular flexibility index (Phi) is 4.85. The van der Waals surface area contributed by atoms with Gasteiger partial charge in [-0.3, -0.25) is 9.00 Å². The molecule has 3 nitrogen and oxygen atoms in total. The van der Waals surface area contributed by atoms with Gasteiger partial charge < -0.3 is 4.90 Å². The zero-order chi connectivity index (χ0) is 19.0. The van der Waals surface area contributed by atoms with Gasteiger partial charge in [-0.25, -0.2) is 0 Å². The molecule has 1 atom stereocenters. The van der Waals surface area contributed by atoms with E-state index >= 15 is 0 Å². The second-order valence-corrected chi connectivity index (χ2v) is 8.41. The summed E-state index contributed by atoms with van der Waals surface area (Å²) < 4.78 is 13.1. The van der Waals surface area contributed by atoms with E-state index in [1.54, 1.807) is 23.1 Å². The smallest absolute Gasteiger partial charge is 0.224 e. The van der Waals surface area contributed by atoms with E-state index in [9.17, 15) is 9.00 Å². The summed E-state index contributed by atoms with van der Waals surface area (Å²) in [7, 11) is -1.30. The van der Waals surface area contributed by atoms with Crippen LogP contribution in [0.25, 0.3) is 11.1 Å². The first-order valence-corrected chi connectivity index (χ1v) is 10.4. The minimum Gasteiger partial charge on any atom is -0.307 e. The summed E-state index contributed by atoms with van der Waals surface area (Å²) in [6, 6.07) is 21.5. The van der Waals surface area contributed by atoms with Crippen LogP contribution in [0, 0.1) is 0 Å². The maximum Gasteiger partial charge on any atom is 0.224 e. The summed E-state index contributed by atoms with van der Waals surface area (Å²) in [5.74, 6) is 0.310. The van der Waals surface area contributed by atoms with Crippen LogP contribution in [0.5, 0.6) is 0 Å². The van der Waals surface area contributed by atoms with Gasteiger partial charge in [0.05, 0.1) is 33.7 Å². The van der Waals surface area contributed by atoms with Crippen LogP contribution in [0.1, 0.15) is 18.1 Å². The molecule has 0 aromatic heterocycles. The van der Waals surface area contributed by atoms with E-state index in [2.05, 4.69) is 24.3 Å².